The topological polar surface area (TPSA) is 38.3 Å². The van der Waals surface area contributed by atoms with Crippen LogP contribution in [0.1, 0.15) is 5.56 Å². The fourth-order valence-electron chi connectivity index (χ4n) is 1.89. The number of ether oxygens (including phenoxy) is 1. The Bertz CT molecular complexity index is 755. The van der Waals surface area contributed by atoms with Crippen LogP contribution < -0.4 is 10.1 Å². The van der Waals surface area contributed by atoms with Crippen LogP contribution in [0.25, 0.3) is 6.08 Å². The van der Waals surface area contributed by atoms with Crippen molar-refractivity contribution in [2.45, 2.75) is 0 Å². The molecule has 0 bridgehead atoms. The molecular weight excluding hydrogens is 380 g/mol. The van der Waals surface area contributed by atoms with E-state index in [0.29, 0.717) is 37.1 Å². The van der Waals surface area contributed by atoms with Crippen molar-refractivity contribution in [2.24, 2.45) is 0 Å². The first kappa shape index (κ1) is 18.0. The highest BCUT2D eigenvalue weighted by Crippen LogP contribution is 2.33. The van der Waals surface area contributed by atoms with Gasteiger partial charge in [0.1, 0.15) is 5.75 Å². The first-order valence-corrected chi connectivity index (χ1v) is 7.88. The average molecular weight is 391 g/mol. The number of methoxy groups -OCH3 is 1. The van der Waals surface area contributed by atoms with Crippen molar-refractivity contribution in [1.29, 1.82) is 0 Å². The zero-order valence-corrected chi connectivity index (χ0v) is 14.9. The van der Waals surface area contributed by atoms with Gasteiger partial charge in [-0.05, 0) is 36.4 Å². The van der Waals surface area contributed by atoms with E-state index >= 15 is 0 Å². The summed E-state index contributed by atoms with van der Waals surface area (Å²) >= 11 is 23.8. The summed E-state index contributed by atoms with van der Waals surface area (Å²) in [7, 11) is 1.49. The lowest BCUT2D eigenvalue weighted by Crippen LogP contribution is -2.07. The molecule has 23 heavy (non-hydrogen) atoms. The maximum atomic E-state index is 12.0. The monoisotopic (exact) mass is 389 g/mol. The van der Waals surface area contributed by atoms with Gasteiger partial charge in [0, 0.05) is 32.4 Å². The number of anilines is 1. The Kier molecular flexibility index (Phi) is 6.19. The normalized spacial score (nSPS) is 10.8. The molecule has 2 rings (SSSR count). The molecule has 0 aliphatic heterocycles. The van der Waals surface area contributed by atoms with Crippen LogP contribution in [-0.4, -0.2) is 13.0 Å². The summed E-state index contributed by atoms with van der Waals surface area (Å²) < 4.78 is 5.20. The largest absolute Gasteiger partial charge is 0.495 e. The molecule has 0 aromatic heterocycles. The van der Waals surface area contributed by atoms with E-state index in [1.807, 2.05) is 0 Å². The zero-order chi connectivity index (χ0) is 17.0. The summed E-state index contributed by atoms with van der Waals surface area (Å²) in [6.07, 6.45) is 2.89. The number of nitrogens with one attached hydrogen (secondary N) is 1. The van der Waals surface area contributed by atoms with Crippen LogP contribution in [0.15, 0.2) is 36.4 Å². The number of carbonyl (C=O) groups is 1. The SMILES string of the molecule is COc1c(Cl)cc(Cl)cc1C=CC(=O)Nc1cc(Cl)cc(Cl)c1. The Balaban J connectivity index is 2.18. The molecular formula is C16H11Cl4NO2. The third-order valence-corrected chi connectivity index (χ3v) is 3.72. The van der Waals surface area contributed by atoms with E-state index < -0.39 is 0 Å². The molecule has 2 aromatic carbocycles. The molecule has 0 aliphatic rings. The molecule has 0 radical (unpaired) electrons. The number of carbonyl (C=O) groups excluding carboxylic acids is 1. The highest BCUT2D eigenvalue weighted by atomic mass is 35.5. The van der Waals surface area contributed by atoms with Crippen molar-refractivity contribution in [2.75, 3.05) is 12.4 Å². The highest BCUT2D eigenvalue weighted by Gasteiger charge is 2.08. The first-order chi connectivity index (χ1) is 10.9. The summed E-state index contributed by atoms with van der Waals surface area (Å²) in [5, 5.41) is 4.33. The molecule has 0 heterocycles. The highest BCUT2D eigenvalue weighted by molar-refractivity contribution is 6.36. The van der Waals surface area contributed by atoms with E-state index in [1.165, 1.54) is 13.2 Å². The van der Waals surface area contributed by atoms with Crippen molar-refractivity contribution in [3.05, 3.63) is 62.1 Å². The van der Waals surface area contributed by atoms with E-state index in [-0.39, 0.29) is 5.91 Å². The molecule has 0 atom stereocenters. The predicted molar refractivity (Wildman–Crippen MR) is 97.1 cm³/mol. The maximum Gasteiger partial charge on any atom is 0.248 e. The summed E-state index contributed by atoms with van der Waals surface area (Å²) in [4.78, 5) is 12.0. The van der Waals surface area contributed by atoms with Crippen molar-refractivity contribution in [3.8, 4) is 5.75 Å². The molecule has 0 unspecified atom stereocenters. The second kappa shape index (κ2) is 7.93. The van der Waals surface area contributed by atoms with Crippen LogP contribution in [0.5, 0.6) is 5.75 Å². The predicted octanol–water partition coefficient (Wildman–Crippen LogP) is 5.96. The number of amides is 1. The minimum atomic E-state index is -0.360. The van der Waals surface area contributed by atoms with Crippen LogP contribution in [0.3, 0.4) is 0 Å². The number of rotatable bonds is 4. The van der Waals surface area contributed by atoms with Gasteiger partial charge in [-0.1, -0.05) is 46.4 Å². The molecule has 1 N–H and O–H groups in total. The summed E-state index contributed by atoms with van der Waals surface area (Å²) in [6, 6.07) is 7.97. The maximum absolute atomic E-state index is 12.0. The molecule has 2 aromatic rings. The number of hydrogen-bond donors (Lipinski definition) is 1. The molecule has 7 heteroatoms. The van der Waals surface area contributed by atoms with Gasteiger partial charge in [-0.25, -0.2) is 0 Å². The molecule has 0 spiro atoms. The van der Waals surface area contributed by atoms with E-state index in [9.17, 15) is 4.79 Å². The van der Waals surface area contributed by atoms with Crippen LogP contribution in [0, 0.1) is 0 Å². The lowest BCUT2D eigenvalue weighted by molar-refractivity contribution is -0.111. The Labute approximate surface area is 153 Å². The number of hydrogen-bond acceptors (Lipinski definition) is 2. The van der Waals surface area contributed by atoms with Crippen molar-refractivity contribution in [1.82, 2.24) is 0 Å². The van der Waals surface area contributed by atoms with Crippen LogP contribution in [-0.2, 0) is 4.79 Å². The van der Waals surface area contributed by atoms with Crippen molar-refractivity contribution < 1.29 is 9.53 Å². The van der Waals surface area contributed by atoms with Gasteiger partial charge in [0.15, 0.2) is 0 Å². The second-order valence-electron chi connectivity index (χ2n) is 4.49. The van der Waals surface area contributed by atoms with Crippen molar-refractivity contribution in [3.63, 3.8) is 0 Å². The Morgan fingerprint density at radius 3 is 2.22 bits per heavy atom. The molecule has 0 saturated carbocycles. The van der Waals surface area contributed by atoms with Gasteiger partial charge in [-0.3, -0.25) is 4.79 Å². The van der Waals surface area contributed by atoms with E-state index in [1.54, 1.807) is 36.4 Å². The lowest BCUT2D eigenvalue weighted by atomic mass is 10.2. The summed E-state index contributed by atoms with van der Waals surface area (Å²) in [5.41, 5.74) is 1.08. The molecule has 0 aliphatic carbocycles. The molecule has 120 valence electrons. The molecule has 0 saturated heterocycles. The first-order valence-electron chi connectivity index (χ1n) is 6.37. The van der Waals surface area contributed by atoms with Crippen LogP contribution >= 0.6 is 46.4 Å². The third kappa shape index (κ3) is 5.05. The van der Waals surface area contributed by atoms with Gasteiger partial charge >= 0.3 is 0 Å². The summed E-state index contributed by atoms with van der Waals surface area (Å²) in [6.45, 7) is 0. The van der Waals surface area contributed by atoms with E-state index in [4.69, 9.17) is 51.1 Å². The van der Waals surface area contributed by atoms with Crippen LogP contribution in [0.4, 0.5) is 5.69 Å². The van der Waals surface area contributed by atoms with Gasteiger partial charge in [0.05, 0.1) is 12.1 Å². The zero-order valence-electron chi connectivity index (χ0n) is 11.9. The average Bonchev–Trinajstić information content (AvgIpc) is 2.43. The van der Waals surface area contributed by atoms with Crippen molar-refractivity contribution >= 4 is 64.1 Å². The third-order valence-electron chi connectivity index (χ3n) is 2.79. The van der Waals surface area contributed by atoms with Gasteiger partial charge in [0.25, 0.3) is 0 Å². The number of benzene rings is 2. The molecule has 3 nitrogen and oxygen atoms in total. The number of halogens is 4. The fourth-order valence-corrected chi connectivity index (χ4v) is 3.01. The molecule has 0 fully saturated rings. The van der Waals surface area contributed by atoms with E-state index in [0.717, 1.165) is 0 Å². The Morgan fingerprint density at radius 2 is 1.61 bits per heavy atom. The van der Waals surface area contributed by atoms with Gasteiger partial charge in [-0.2, -0.15) is 0 Å². The van der Waals surface area contributed by atoms with Gasteiger partial charge in [-0.15, -0.1) is 0 Å². The van der Waals surface area contributed by atoms with Gasteiger partial charge < -0.3 is 10.1 Å². The minimum absolute atomic E-state index is 0.360. The lowest BCUT2D eigenvalue weighted by Gasteiger charge is -2.08. The smallest absolute Gasteiger partial charge is 0.248 e. The van der Waals surface area contributed by atoms with E-state index in [2.05, 4.69) is 5.32 Å². The Morgan fingerprint density at radius 1 is 1.00 bits per heavy atom. The summed E-state index contributed by atoms with van der Waals surface area (Å²) in [5.74, 6) is 0.0763. The van der Waals surface area contributed by atoms with Crippen LogP contribution in [0.2, 0.25) is 20.1 Å². The second-order valence-corrected chi connectivity index (χ2v) is 6.21. The standard InChI is InChI=1S/C16H11Cl4NO2/c1-23-16-9(4-10(17)8-14(16)20)2-3-15(22)21-13-6-11(18)5-12(19)7-13/h2-8H,1H3,(H,21,22). The van der Waals surface area contributed by atoms with Gasteiger partial charge in [0.2, 0.25) is 5.91 Å². The quantitative estimate of drug-likeness (QED) is 0.654. The molecule has 1 amide bonds. The minimum Gasteiger partial charge on any atom is -0.495 e. The Hall–Kier alpha value is -1.39. The fraction of sp³-hybridized carbons (Fsp3) is 0.0625.